The van der Waals surface area contributed by atoms with Crippen molar-refractivity contribution in [1.82, 2.24) is 20.4 Å². The molecule has 0 spiro atoms. The maximum absolute atomic E-state index is 13.1. The van der Waals surface area contributed by atoms with E-state index in [0.29, 0.717) is 17.7 Å². The van der Waals surface area contributed by atoms with Crippen LogP contribution in [0.15, 0.2) is 60.9 Å². The molecule has 3 aromatic rings. The van der Waals surface area contributed by atoms with Gasteiger partial charge in [-0.05, 0) is 48.2 Å². The lowest BCUT2D eigenvalue weighted by atomic mass is 10.1. The summed E-state index contributed by atoms with van der Waals surface area (Å²) in [6.45, 7) is 0.384. The summed E-state index contributed by atoms with van der Waals surface area (Å²) in [6.07, 6.45) is 7.90. The average Bonchev–Trinajstić information content (AvgIpc) is 3.53. The number of hydrogen-bond donors (Lipinski definition) is 3. The Labute approximate surface area is 187 Å². The lowest BCUT2D eigenvalue weighted by Crippen LogP contribution is -2.34. The van der Waals surface area contributed by atoms with Gasteiger partial charge in [0, 0.05) is 42.0 Å². The van der Waals surface area contributed by atoms with Crippen LogP contribution in [-0.4, -0.2) is 51.2 Å². The van der Waals surface area contributed by atoms with Crippen molar-refractivity contribution in [2.45, 2.75) is 38.3 Å². The molecular weight excluding hydrogens is 404 g/mol. The minimum Gasteiger partial charge on any atom is -0.395 e. The average molecular weight is 433 g/mol. The quantitative estimate of drug-likeness (QED) is 0.508. The fourth-order valence-corrected chi connectivity index (χ4v) is 4.14. The zero-order chi connectivity index (χ0) is 22.3. The molecule has 0 atom stereocenters. The number of aliphatic hydroxyl groups excluding tert-OH is 1. The minimum absolute atomic E-state index is 0.0754. The Hall–Kier alpha value is -3.45. The zero-order valence-corrected chi connectivity index (χ0v) is 18.0. The summed E-state index contributed by atoms with van der Waals surface area (Å²) in [5.41, 5.74) is 3.89. The second-order valence-electron chi connectivity index (χ2n) is 8.17. The minimum atomic E-state index is -0.168. The molecule has 1 aromatic heterocycles. The van der Waals surface area contributed by atoms with Gasteiger partial charge in [-0.3, -0.25) is 14.7 Å². The third-order valence-corrected chi connectivity index (χ3v) is 5.87. The van der Waals surface area contributed by atoms with E-state index in [0.717, 1.165) is 42.4 Å². The number of carbonyl (C=O) groups excluding carboxylic acids is 2. The van der Waals surface area contributed by atoms with Gasteiger partial charge in [-0.2, -0.15) is 5.10 Å². The first kappa shape index (κ1) is 21.8. The van der Waals surface area contributed by atoms with Crippen LogP contribution in [0.3, 0.4) is 0 Å². The van der Waals surface area contributed by atoms with E-state index in [1.54, 1.807) is 35.5 Å². The van der Waals surface area contributed by atoms with Crippen LogP contribution in [0.2, 0.25) is 0 Å². The number of amides is 2. The zero-order valence-electron chi connectivity index (χ0n) is 18.0. The molecule has 0 radical (unpaired) electrons. The van der Waals surface area contributed by atoms with E-state index in [9.17, 15) is 14.7 Å². The number of rotatable bonds is 8. The molecule has 2 amide bonds. The van der Waals surface area contributed by atoms with Gasteiger partial charge < -0.3 is 15.3 Å². The first-order chi connectivity index (χ1) is 15.6. The summed E-state index contributed by atoms with van der Waals surface area (Å²) >= 11 is 0. The Morgan fingerprint density at radius 2 is 1.84 bits per heavy atom. The molecule has 0 aliphatic heterocycles. The fourth-order valence-electron chi connectivity index (χ4n) is 4.14. The second-order valence-corrected chi connectivity index (χ2v) is 8.17. The maximum Gasteiger partial charge on any atom is 0.254 e. The molecule has 0 saturated heterocycles. The molecule has 4 rings (SSSR count). The Balaban J connectivity index is 1.45. The number of aliphatic hydroxyl groups is 1. The van der Waals surface area contributed by atoms with E-state index in [-0.39, 0.29) is 31.0 Å². The summed E-state index contributed by atoms with van der Waals surface area (Å²) in [6, 6.07) is 14.9. The number of aromatic amines is 1. The monoisotopic (exact) mass is 432 g/mol. The molecule has 32 heavy (non-hydrogen) atoms. The van der Waals surface area contributed by atoms with Crippen molar-refractivity contribution in [1.29, 1.82) is 0 Å². The molecule has 1 aliphatic carbocycles. The van der Waals surface area contributed by atoms with Crippen LogP contribution in [0.25, 0.3) is 11.1 Å². The third kappa shape index (κ3) is 5.23. The van der Waals surface area contributed by atoms with E-state index in [1.165, 1.54) is 0 Å². The van der Waals surface area contributed by atoms with Gasteiger partial charge >= 0.3 is 0 Å². The molecular formula is C25H28N4O3. The normalized spacial score (nSPS) is 13.8. The molecule has 1 fully saturated rings. The Bertz CT molecular complexity index is 1040. The van der Waals surface area contributed by atoms with Gasteiger partial charge in [0.15, 0.2) is 0 Å². The molecule has 166 valence electrons. The summed E-state index contributed by atoms with van der Waals surface area (Å²) < 4.78 is 0. The molecule has 1 heterocycles. The molecule has 7 nitrogen and oxygen atoms in total. The van der Waals surface area contributed by atoms with Crippen LogP contribution in [0.1, 0.15) is 52.0 Å². The van der Waals surface area contributed by atoms with Crippen molar-refractivity contribution in [3.63, 3.8) is 0 Å². The molecule has 0 bridgehead atoms. The number of nitrogens with one attached hydrogen (secondary N) is 2. The van der Waals surface area contributed by atoms with E-state index in [2.05, 4.69) is 15.5 Å². The van der Waals surface area contributed by atoms with Crippen molar-refractivity contribution >= 4 is 11.8 Å². The Morgan fingerprint density at radius 3 is 2.53 bits per heavy atom. The van der Waals surface area contributed by atoms with Crippen molar-refractivity contribution in [3.8, 4) is 11.1 Å². The molecule has 2 aromatic carbocycles. The van der Waals surface area contributed by atoms with Gasteiger partial charge in [-0.25, -0.2) is 0 Å². The highest BCUT2D eigenvalue weighted by molar-refractivity contribution is 5.95. The highest BCUT2D eigenvalue weighted by Gasteiger charge is 2.19. The first-order valence-corrected chi connectivity index (χ1v) is 11.0. The lowest BCUT2D eigenvalue weighted by Gasteiger charge is -2.22. The standard InChI is InChI=1S/C25H28N4O3/c30-13-12-29(25(32)20-10-8-19(9-11-20)22-15-26-27-16-22)17-18-4-3-5-21(14-18)24(31)28-23-6-1-2-7-23/h3-5,8-11,14-16,23,30H,1-2,6-7,12-13,17H2,(H,26,27)(H,28,31). The highest BCUT2D eigenvalue weighted by atomic mass is 16.3. The van der Waals surface area contributed by atoms with Crippen molar-refractivity contribution in [2.75, 3.05) is 13.2 Å². The number of hydrogen-bond acceptors (Lipinski definition) is 4. The van der Waals surface area contributed by atoms with E-state index in [4.69, 9.17) is 0 Å². The van der Waals surface area contributed by atoms with Crippen LogP contribution in [0.4, 0.5) is 0 Å². The highest BCUT2D eigenvalue weighted by Crippen LogP contribution is 2.20. The molecule has 3 N–H and O–H groups in total. The van der Waals surface area contributed by atoms with E-state index < -0.39 is 0 Å². The van der Waals surface area contributed by atoms with Crippen LogP contribution in [0, 0.1) is 0 Å². The van der Waals surface area contributed by atoms with Gasteiger partial charge in [0.05, 0.1) is 12.8 Å². The first-order valence-electron chi connectivity index (χ1n) is 11.0. The number of aromatic nitrogens is 2. The third-order valence-electron chi connectivity index (χ3n) is 5.87. The predicted molar refractivity (Wildman–Crippen MR) is 122 cm³/mol. The van der Waals surface area contributed by atoms with Gasteiger partial charge in [-0.1, -0.05) is 37.1 Å². The van der Waals surface area contributed by atoms with E-state index in [1.807, 2.05) is 30.3 Å². The van der Waals surface area contributed by atoms with Crippen LogP contribution in [0.5, 0.6) is 0 Å². The smallest absolute Gasteiger partial charge is 0.254 e. The van der Waals surface area contributed by atoms with Gasteiger partial charge in [0.2, 0.25) is 0 Å². The van der Waals surface area contributed by atoms with Gasteiger partial charge in [0.1, 0.15) is 0 Å². The van der Waals surface area contributed by atoms with Crippen LogP contribution >= 0.6 is 0 Å². The van der Waals surface area contributed by atoms with Crippen LogP contribution in [-0.2, 0) is 6.54 Å². The number of carbonyl (C=O) groups is 2. The number of nitrogens with zero attached hydrogens (tertiary/aromatic N) is 2. The summed E-state index contributed by atoms with van der Waals surface area (Å²) in [7, 11) is 0. The van der Waals surface area contributed by atoms with Crippen molar-refractivity contribution in [3.05, 3.63) is 77.6 Å². The summed E-state index contributed by atoms with van der Waals surface area (Å²) in [4.78, 5) is 27.3. The predicted octanol–water partition coefficient (Wildman–Crippen LogP) is 3.38. The largest absolute Gasteiger partial charge is 0.395 e. The fraction of sp³-hybridized carbons (Fsp3) is 0.320. The van der Waals surface area contributed by atoms with Crippen molar-refractivity contribution in [2.24, 2.45) is 0 Å². The summed E-state index contributed by atoms with van der Waals surface area (Å²) in [5.74, 6) is -0.243. The Morgan fingerprint density at radius 1 is 1.06 bits per heavy atom. The SMILES string of the molecule is O=C(NC1CCCC1)c1cccc(CN(CCO)C(=O)c2ccc(-c3cn[nH]c3)cc2)c1. The van der Waals surface area contributed by atoms with E-state index >= 15 is 0 Å². The topological polar surface area (TPSA) is 98.3 Å². The Kier molecular flexibility index (Phi) is 6.97. The number of H-pyrrole nitrogens is 1. The molecule has 1 saturated carbocycles. The van der Waals surface area contributed by atoms with Gasteiger partial charge in [-0.15, -0.1) is 0 Å². The lowest BCUT2D eigenvalue weighted by molar-refractivity contribution is 0.0708. The summed E-state index contributed by atoms with van der Waals surface area (Å²) in [5, 5.41) is 19.3. The maximum atomic E-state index is 13.1. The van der Waals surface area contributed by atoms with Crippen LogP contribution < -0.4 is 5.32 Å². The second kappa shape index (κ2) is 10.2. The van der Waals surface area contributed by atoms with Gasteiger partial charge in [0.25, 0.3) is 11.8 Å². The molecule has 7 heteroatoms. The molecule has 1 aliphatic rings. The number of benzene rings is 2. The van der Waals surface area contributed by atoms with Crippen molar-refractivity contribution < 1.29 is 14.7 Å². The molecule has 0 unspecified atom stereocenters.